The van der Waals surface area contributed by atoms with Crippen LogP contribution in [0, 0.1) is 0 Å². The molecule has 0 bridgehead atoms. The second kappa shape index (κ2) is 9.96. The summed E-state index contributed by atoms with van der Waals surface area (Å²) in [6.07, 6.45) is 3.54. The van der Waals surface area contributed by atoms with Crippen molar-refractivity contribution in [1.29, 1.82) is 0 Å². The van der Waals surface area contributed by atoms with E-state index in [1.807, 2.05) is 68.7 Å². The van der Waals surface area contributed by atoms with Gasteiger partial charge >= 0.3 is 0 Å². The van der Waals surface area contributed by atoms with Crippen molar-refractivity contribution in [3.63, 3.8) is 0 Å². The molecule has 3 aromatic rings. The summed E-state index contributed by atoms with van der Waals surface area (Å²) in [4.78, 5) is 22.0. The molecule has 1 aromatic heterocycles. The van der Waals surface area contributed by atoms with Crippen molar-refractivity contribution in [3.8, 4) is 5.75 Å². The Balaban J connectivity index is 1.54. The smallest absolute Gasteiger partial charge is 0.235 e. The quantitative estimate of drug-likeness (QED) is 0.562. The van der Waals surface area contributed by atoms with Gasteiger partial charge in [-0.1, -0.05) is 54.6 Å². The van der Waals surface area contributed by atoms with E-state index in [0.717, 1.165) is 48.5 Å². The zero-order valence-electron chi connectivity index (χ0n) is 18.9. The largest absolute Gasteiger partial charge is 0.489 e. The highest BCUT2D eigenvalue weighted by Gasteiger charge is 2.45. The van der Waals surface area contributed by atoms with Crippen molar-refractivity contribution in [3.05, 3.63) is 95.8 Å². The molecule has 0 aliphatic carbocycles. The number of carbonyl (C=O) groups excluding carboxylic acids is 1. The summed E-state index contributed by atoms with van der Waals surface area (Å²) in [6.45, 7) is 2.87. The predicted molar refractivity (Wildman–Crippen MR) is 126 cm³/mol. The maximum absolute atomic E-state index is 13.4. The molecule has 2 heterocycles. The number of aromatic nitrogens is 1. The normalized spacial score (nSPS) is 18.8. The number of hydrogen-bond donors (Lipinski definition) is 0. The van der Waals surface area contributed by atoms with E-state index in [0.29, 0.717) is 13.2 Å². The summed E-state index contributed by atoms with van der Waals surface area (Å²) >= 11 is 0. The van der Waals surface area contributed by atoms with Gasteiger partial charge in [0.2, 0.25) is 5.91 Å². The van der Waals surface area contributed by atoms with Crippen LogP contribution in [0.5, 0.6) is 5.75 Å². The highest BCUT2D eigenvalue weighted by Crippen LogP contribution is 2.36. The first-order chi connectivity index (χ1) is 15.6. The number of benzene rings is 2. The summed E-state index contributed by atoms with van der Waals surface area (Å²) in [5, 5.41) is 0. The number of piperidine rings is 1. The van der Waals surface area contributed by atoms with Gasteiger partial charge in [0.25, 0.3) is 0 Å². The monoisotopic (exact) mass is 429 g/mol. The molecule has 1 aliphatic heterocycles. The highest BCUT2D eigenvalue weighted by molar-refractivity contribution is 5.88. The summed E-state index contributed by atoms with van der Waals surface area (Å²) in [5.41, 5.74) is 2.52. The minimum absolute atomic E-state index is 0.120. The number of likely N-dealkylation sites (N-methyl/N-ethyl adjacent to an activating group) is 1. The first-order valence-corrected chi connectivity index (χ1v) is 11.2. The Morgan fingerprint density at radius 3 is 2.53 bits per heavy atom. The Morgan fingerprint density at radius 2 is 1.78 bits per heavy atom. The third-order valence-corrected chi connectivity index (χ3v) is 6.15. The van der Waals surface area contributed by atoms with Crippen LogP contribution >= 0.6 is 0 Å². The number of amides is 1. The van der Waals surface area contributed by atoms with Crippen LogP contribution in [0.1, 0.15) is 29.7 Å². The van der Waals surface area contributed by atoms with E-state index in [1.165, 1.54) is 0 Å². The average Bonchev–Trinajstić information content (AvgIpc) is 2.84. The van der Waals surface area contributed by atoms with Crippen LogP contribution in [-0.4, -0.2) is 47.9 Å². The van der Waals surface area contributed by atoms with Gasteiger partial charge in [-0.15, -0.1) is 0 Å². The van der Waals surface area contributed by atoms with Crippen molar-refractivity contribution >= 4 is 5.91 Å². The lowest BCUT2D eigenvalue weighted by Gasteiger charge is -2.42. The molecule has 32 heavy (non-hydrogen) atoms. The number of carbonyl (C=O) groups is 1. The van der Waals surface area contributed by atoms with Gasteiger partial charge in [-0.05, 0) is 43.1 Å². The minimum atomic E-state index is -0.622. The lowest BCUT2D eigenvalue weighted by molar-refractivity contribution is -0.137. The first kappa shape index (κ1) is 22.0. The van der Waals surface area contributed by atoms with Gasteiger partial charge in [0.1, 0.15) is 17.8 Å². The van der Waals surface area contributed by atoms with Crippen molar-refractivity contribution in [2.45, 2.75) is 31.4 Å². The zero-order chi connectivity index (χ0) is 22.4. The van der Waals surface area contributed by atoms with E-state index in [2.05, 4.69) is 28.1 Å². The van der Waals surface area contributed by atoms with Gasteiger partial charge in [0, 0.05) is 38.9 Å². The number of para-hydroxylation sites is 1. The zero-order valence-corrected chi connectivity index (χ0v) is 18.9. The molecular formula is C27H31N3O2. The van der Waals surface area contributed by atoms with Crippen LogP contribution in [0.2, 0.25) is 0 Å². The van der Waals surface area contributed by atoms with Crippen LogP contribution in [0.25, 0.3) is 0 Å². The summed E-state index contributed by atoms with van der Waals surface area (Å²) in [5.74, 6) is 1.01. The second-order valence-electron chi connectivity index (χ2n) is 8.69. The molecule has 1 unspecified atom stereocenters. The Labute approximate surface area is 190 Å². The average molecular weight is 430 g/mol. The third-order valence-electron chi connectivity index (χ3n) is 6.15. The fourth-order valence-corrected chi connectivity index (χ4v) is 4.60. The van der Waals surface area contributed by atoms with E-state index in [-0.39, 0.29) is 5.91 Å². The van der Waals surface area contributed by atoms with Crippen LogP contribution in [0.4, 0.5) is 0 Å². The minimum Gasteiger partial charge on any atom is -0.489 e. The number of pyridine rings is 1. The molecule has 2 aromatic carbocycles. The van der Waals surface area contributed by atoms with Crippen molar-refractivity contribution in [2.24, 2.45) is 0 Å². The molecule has 1 atom stereocenters. The summed E-state index contributed by atoms with van der Waals surface area (Å²) in [6, 6.07) is 24.3. The maximum atomic E-state index is 13.4. The molecule has 1 saturated heterocycles. The molecule has 1 amide bonds. The van der Waals surface area contributed by atoms with Crippen LogP contribution in [0.15, 0.2) is 79.0 Å². The number of ether oxygens (including phenoxy) is 1. The molecule has 5 nitrogen and oxygen atoms in total. The molecule has 0 N–H and O–H groups in total. The summed E-state index contributed by atoms with van der Waals surface area (Å²) < 4.78 is 6.17. The topological polar surface area (TPSA) is 45.7 Å². The molecule has 166 valence electrons. The van der Waals surface area contributed by atoms with Crippen molar-refractivity contribution in [1.82, 2.24) is 14.8 Å². The van der Waals surface area contributed by atoms with Gasteiger partial charge in [0.05, 0.1) is 5.69 Å². The SMILES string of the molecule is CN(C)C(=O)C1(c2ccccn2)CCCN(Cc2ccccc2OCc2ccccc2)C1. The van der Waals surface area contributed by atoms with E-state index in [1.54, 1.807) is 11.1 Å². The van der Waals surface area contributed by atoms with E-state index < -0.39 is 5.41 Å². The van der Waals surface area contributed by atoms with Gasteiger partial charge in [0.15, 0.2) is 0 Å². The number of hydrogen-bond acceptors (Lipinski definition) is 4. The van der Waals surface area contributed by atoms with Crippen LogP contribution < -0.4 is 4.74 Å². The van der Waals surface area contributed by atoms with E-state index in [9.17, 15) is 4.79 Å². The van der Waals surface area contributed by atoms with Gasteiger partial charge < -0.3 is 9.64 Å². The van der Waals surface area contributed by atoms with Crippen molar-refractivity contribution < 1.29 is 9.53 Å². The molecule has 1 fully saturated rings. The lowest BCUT2D eigenvalue weighted by atomic mass is 9.75. The maximum Gasteiger partial charge on any atom is 0.235 e. The second-order valence-corrected chi connectivity index (χ2v) is 8.69. The molecule has 5 heteroatoms. The fraction of sp³-hybridized carbons (Fsp3) is 0.333. The number of rotatable bonds is 7. The Morgan fingerprint density at radius 1 is 1.03 bits per heavy atom. The lowest BCUT2D eigenvalue weighted by Crippen LogP contribution is -2.54. The standard InChI is InChI=1S/C27H31N3O2/c1-29(2)26(31)27(25-15-8-9-17-28-25)16-10-18-30(21-27)19-23-13-6-7-14-24(23)32-20-22-11-4-3-5-12-22/h3-9,11-15,17H,10,16,18-21H2,1-2H3. The van der Waals surface area contributed by atoms with Gasteiger partial charge in [-0.3, -0.25) is 14.7 Å². The third kappa shape index (κ3) is 4.83. The van der Waals surface area contributed by atoms with E-state index >= 15 is 0 Å². The number of likely N-dealkylation sites (tertiary alicyclic amines) is 1. The van der Waals surface area contributed by atoms with Crippen molar-refractivity contribution in [2.75, 3.05) is 27.2 Å². The molecule has 0 radical (unpaired) electrons. The highest BCUT2D eigenvalue weighted by atomic mass is 16.5. The Bertz CT molecular complexity index is 1020. The number of nitrogens with zero attached hydrogens (tertiary/aromatic N) is 3. The molecule has 0 spiro atoms. The molecular weight excluding hydrogens is 398 g/mol. The van der Waals surface area contributed by atoms with Crippen LogP contribution in [-0.2, 0) is 23.4 Å². The molecule has 0 saturated carbocycles. The Kier molecular flexibility index (Phi) is 6.86. The Hall–Kier alpha value is -3.18. The molecule has 4 rings (SSSR count). The first-order valence-electron chi connectivity index (χ1n) is 11.2. The van der Waals surface area contributed by atoms with Crippen LogP contribution in [0.3, 0.4) is 0 Å². The summed E-state index contributed by atoms with van der Waals surface area (Å²) in [7, 11) is 3.66. The fourth-order valence-electron chi connectivity index (χ4n) is 4.60. The van der Waals surface area contributed by atoms with Gasteiger partial charge in [-0.2, -0.15) is 0 Å². The molecule has 1 aliphatic rings. The van der Waals surface area contributed by atoms with E-state index in [4.69, 9.17) is 4.74 Å². The predicted octanol–water partition coefficient (Wildman–Crippen LogP) is 4.28. The van der Waals surface area contributed by atoms with Gasteiger partial charge in [-0.25, -0.2) is 0 Å².